The van der Waals surface area contributed by atoms with Crippen LogP contribution in [0, 0.1) is 11.8 Å². The molecule has 3 unspecified atom stereocenters. The first-order valence-electron chi connectivity index (χ1n) is 16.9. The van der Waals surface area contributed by atoms with Gasteiger partial charge in [0.1, 0.15) is 0 Å². The molecule has 3 aliphatic carbocycles. The van der Waals surface area contributed by atoms with E-state index in [2.05, 4.69) is 157 Å². The lowest BCUT2D eigenvalue weighted by molar-refractivity contribution is 0.327. The van der Waals surface area contributed by atoms with Crippen LogP contribution in [0.3, 0.4) is 0 Å². The maximum atomic E-state index is 2.56. The summed E-state index contributed by atoms with van der Waals surface area (Å²) in [5, 5.41) is 5.15. The van der Waals surface area contributed by atoms with Gasteiger partial charge in [0, 0.05) is 22.5 Å². The van der Waals surface area contributed by atoms with Crippen LogP contribution < -0.4 is 4.90 Å². The van der Waals surface area contributed by atoms with E-state index in [1.165, 1.54) is 86.5 Å². The number of rotatable bonds is 4. The molecule has 0 radical (unpaired) electrons. The van der Waals surface area contributed by atoms with Crippen molar-refractivity contribution in [3.63, 3.8) is 0 Å². The quantitative estimate of drug-likeness (QED) is 0.185. The molecule has 2 saturated carbocycles. The molecule has 7 aromatic rings. The topological polar surface area (TPSA) is 3.24 Å². The van der Waals surface area contributed by atoms with Crippen LogP contribution in [0.2, 0.25) is 0 Å². The molecule has 7 aromatic carbocycles. The molecule has 1 spiro atoms. The molecule has 46 heavy (non-hydrogen) atoms. The molecule has 0 amide bonds. The number of hydrogen-bond donors (Lipinski definition) is 0. The number of anilines is 3. The van der Waals surface area contributed by atoms with Crippen molar-refractivity contribution in [3.8, 4) is 22.3 Å². The monoisotopic (exact) mass is 589 g/mol. The highest BCUT2D eigenvalue weighted by atomic mass is 15.1. The summed E-state index contributed by atoms with van der Waals surface area (Å²) in [5.74, 6) is 1.59. The van der Waals surface area contributed by atoms with Gasteiger partial charge in [-0.25, -0.2) is 0 Å². The van der Waals surface area contributed by atoms with Crippen LogP contribution in [0.4, 0.5) is 17.1 Å². The van der Waals surface area contributed by atoms with E-state index in [1.54, 1.807) is 11.1 Å². The molecule has 0 N–H and O–H groups in total. The standard InChI is InChI=1S/C45H35N/c1-2-8-31(9-3-1)32-17-20-36(21-18-32)46(37-22-24-40-34(27-37)16-15-33-10-4-5-11-39(33)40)38-23-25-42-41-12-6-7-13-43(41)45(44(42)28-38)29-30-14-19-35(45)26-30/h1-13,15-18,20-25,27-28,30,35H,14,19,26,29H2. The molecular weight excluding hydrogens is 555 g/mol. The first-order valence-corrected chi connectivity index (χ1v) is 16.9. The number of hydrogen-bond acceptors (Lipinski definition) is 1. The Morgan fingerprint density at radius 3 is 2.00 bits per heavy atom. The van der Waals surface area contributed by atoms with Crippen LogP contribution in [0.5, 0.6) is 0 Å². The fraction of sp³-hybridized carbons (Fsp3) is 0.156. The molecular formula is C45H35N. The number of fused-ring (bicyclic) bond motifs is 11. The molecule has 0 aromatic heterocycles. The second kappa shape index (κ2) is 9.93. The minimum absolute atomic E-state index is 0.149. The Morgan fingerprint density at radius 2 is 1.15 bits per heavy atom. The molecule has 3 atom stereocenters. The largest absolute Gasteiger partial charge is 0.310 e. The van der Waals surface area contributed by atoms with Gasteiger partial charge in [-0.05, 0) is 122 Å². The highest BCUT2D eigenvalue weighted by molar-refractivity contribution is 6.08. The summed E-state index contributed by atoms with van der Waals surface area (Å²) < 4.78 is 0. The zero-order valence-electron chi connectivity index (χ0n) is 25.9. The molecule has 220 valence electrons. The minimum Gasteiger partial charge on any atom is -0.310 e. The lowest BCUT2D eigenvalue weighted by Crippen LogP contribution is -2.32. The van der Waals surface area contributed by atoms with Gasteiger partial charge in [0.2, 0.25) is 0 Å². The Labute approximate surface area is 270 Å². The van der Waals surface area contributed by atoms with Crippen molar-refractivity contribution in [2.75, 3.05) is 4.90 Å². The van der Waals surface area contributed by atoms with Crippen molar-refractivity contribution in [1.82, 2.24) is 0 Å². The smallest absolute Gasteiger partial charge is 0.0468 e. The lowest BCUT2D eigenvalue weighted by atomic mass is 9.67. The summed E-state index contributed by atoms with van der Waals surface area (Å²) in [6, 6.07) is 56.7. The van der Waals surface area contributed by atoms with E-state index >= 15 is 0 Å². The van der Waals surface area contributed by atoms with Gasteiger partial charge in [0.15, 0.2) is 0 Å². The van der Waals surface area contributed by atoms with Crippen LogP contribution in [0.15, 0.2) is 152 Å². The summed E-state index contributed by atoms with van der Waals surface area (Å²) in [4.78, 5) is 2.48. The van der Waals surface area contributed by atoms with E-state index in [1.807, 2.05) is 0 Å². The maximum Gasteiger partial charge on any atom is 0.0468 e. The molecule has 10 rings (SSSR count). The summed E-state index contributed by atoms with van der Waals surface area (Å²) >= 11 is 0. The van der Waals surface area contributed by atoms with Crippen LogP contribution in [0.25, 0.3) is 43.8 Å². The first-order chi connectivity index (χ1) is 22.8. The van der Waals surface area contributed by atoms with E-state index in [9.17, 15) is 0 Å². The number of nitrogens with zero attached hydrogens (tertiary/aromatic N) is 1. The van der Waals surface area contributed by atoms with Gasteiger partial charge >= 0.3 is 0 Å². The molecule has 0 saturated heterocycles. The van der Waals surface area contributed by atoms with Crippen molar-refractivity contribution < 1.29 is 0 Å². The van der Waals surface area contributed by atoms with Crippen molar-refractivity contribution in [2.24, 2.45) is 11.8 Å². The van der Waals surface area contributed by atoms with Crippen LogP contribution in [-0.2, 0) is 5.41 Å². The highest BCUT2D eigenvalue weighted by Gasteiger charge is 2.56. The third-order valence-corrected chi connectivity index (χ3v) is 11.5. The maximum absolute atomic E-state index is 2.56. The first kappa shape index (κ1) is 26.1. The Bertz CT molecular complexity index is 2280. The predicted molar refractivity (Wildman–Crippen MR) is 193 cm³/mol. The van der Waals surface area contributed by atoms with Gasteiger partial charge in [-0.3, -0.25) is 0 Å². The molecule has 2 fully saturated rings. The van der Waals surface area contributed by atoms with Gasteiger partial charge in [0.25, 0.3) is 0 Å². The van der Waals surface area contributed by atoms with E-state index in [4.69, 9.17) is 0 Å². The molecule has 3 aliphatic rings. The van der Waals surface area contributed by atoms with Crippen LogP contribution in [-0.4, -0.2) is 0 Å². The predicted octanol–water partition coefficient (Wildman–Crippen LogP) is 12.2. The zero-order chi connectivity index (χ0) is 30.2. The van der Waals surface area contributed by atoms with Gasteiger partial charge < -0.3 is 4.90 Å². The summed E-state index contributed by atoms with van der Waals surface area (Å²) in [7, 11) is 0. The normalized spacial score (nSPS) is 20.8. The summed E-state index contributed by atoms with van der Waals surface area (Å²) in [6.45, 7) is 0. The second-order valence-electron chi connectivity index (χ2n) is 13.8. The van der Waals surface area contributed by atoms with Crippen LogP contribution >= 0.6 is 0 Å². The van der Waals surface area contributed by atoms with E-state index in [0.29, 0.717) is 0 Å². The number of benzene rings is 7. The van der Waals surface area contributed by atoms with Gasteiger partial charge in [-0.15, -0.1) is 0 Å². The Balaban J connectivity index is 1.16. The highest BCUT2D eigenvalue weighted by Crippen LogP contribution is 2.66. The molecule has 2 bridgehead atoms. The lowest BCUT2D eigenvalue weighted by Gasteiger charge is -2.37. The Morgan fingerprint density at radius 1 is 0.478 bits per heavy atom. The average molecular weight is 590 g/mol. The molecule has 0 heterocycles. The molecule has 1 heteroatoms. The molecule has 1 nitrogen and oxygen atoms in total. The van der Waals surface area contributed by atoms with Crippen molar-refractivity contribution >= 4 is 38.6 Å². The fourth-order valence-electron chi connectivity index (χ4n) is 9.54. The van der Waals surface area contributed by atoms with E-state index in [0.717, 1.165) is 11.8 Å². The molecule has 0 aliphatic heterocycles. The van der Waals surface area contributed by atoms with Crippen molar-refractivity contribution in [3.05, 3.63) is 163 Å². The van der Waals surface area contributed by atoms with E-state index in [-0.39, 0.29) is 5.41 Å². The van der Waals surface area contributed by atoms with Gasteiger partial charge in [0.05, 0.1) is 0 Å². The van der Waals surface area contributed by atoms with Gasteiger partial charge in [-0.1, -0.05) is 122 Å². The Kier molecular flexibility index (Phi) is 5.64. The SMILES string of the molecule is c1ccc(-c2ccc(N(c3ccc4c(c3)C3(CC5CCC3C5)c3ccccc3-4)c3ccc4c(ccc5ccccc54)c3)cc2)cc1. The minimum atomic E-state index is 0.149. The fourth-order valence-corrected chi connectivity index (χ4v) is 9.54. The Hall–Kier alpha value is -5.14. The van der Waals surface area contributed by atoms with Crippen molar-refractivity contribution in [2.45, 2.75) is 31.1 Å². The zero-order valence-corrected chi connectivity index (χ0v) is 25.9. The second-order valence-corrected chi connectivity index (χ2v) is 13.8. The third kappa shape index (κ3) is 3.75. The van der Waals surface area contributed by atoms with Gasteiger partial charge in [-0.2, -0.15) is 0 Å². The summed E-state index contributed by atoms with van der Waals surface area (Å²) in [6.07, 6.45) is 5.42. The van der Waals surface area contributed by atoms with Crippen LogP contribution in [0.1, 0.15) is 36.8 Å². The average Bonchev–Trinajstić information content (AvgIpc) is 3.82. The summed E-state index contributed by atoms with van der Waals surface area (Å²) in [5.41, 5.74) is 12.2. The third-order valence-electron chi connectivity index (χ3n) is 11.5. The van der Waals surface area contributed by atoms with E-state index < -0.39 is 0 Å². The van der Waals surface area contributed by atoms with Crippen molar-refractivity contribution in [1.29, 1.82) is 0 Å².